The van der Waals surface area contributed by atoms with E-state index in [0.717, 1.165) is 28.1 Å². The molecule has 1 heterocycles. The third-order valence-electron chi connectivity index (χ3n) is 4.01. The molecule has 0 aliphatic rings. The molecule has 1 unspecified atom stereocenters. The number of rotatable bonds is 5. The highest BCUT2D eigenvalue weighted by molar-refractivity contribution is 7.13. The number of carbonyl (C=O) groups excluding carboxylic acids is 1. The van der Waals surface area contributed by atoms with Crippen LogP contribution in [0.15, 0.2) is 47.8 Å². The summed E-state index contributed by atoms with van der Waals surface area (Å²) < 4.78 is 5.93. The van der Waals surface area contributed by atoms with Crippen LogP contribution in [0.5, 0.6) is 5.75 Å². The van der Waals surface area contributed by atoms with Gasteiger partial charge in [0.25, 0.3) is 5.91 Å². The fraction of sp³-hybridized carbons (Fsp3) is 0.200. The number of nitrogen functional groups attached to an aromatic ring is 1. The maximum Gasteiger partial charge on any atom is 0.265 e. The summed E-state index contributed by atoms with van der Waals surface area (Å²) in [6.45, 7) is 5.68. The zero-order valence-electron chi connectivity index (χ0n) is 14.9. The van der Waals surface area contributed by atoms with E-state index in [1.54, 1.807) is 6.92 Å². The Kier molecular flexibility index (Phi) is 5.23. The molecule has 0 saturated heterocycles. The molecule has 26 heavy (non-hydrogen) atoms. The summed E-state index contributed by atoms with van der Waals surface area (Å²) in [5.41, 5.74) is 10.2. The first-order valence-corrected chi connectivity index (χ1v) is 9.17. The van der Waals surface area contributed by atoms with Gasteiger partial charge >= 0.3 is 0 Å². The molecule has 0 saturated carbocycles. The number of hydrogen-bond donors (Lipinski definition) is 2. The van der Waals surface area contributed by atoms with Gasteiger partial charge in [0.15, 0.2) is 11.2 Å². The molecule has 0 aliphatic carbocycles. The van der Waals surface area contributed by atoms with E-state index in [1.807, 2.05) is 61.7 Å². The van der Waals surface area contributed by atoms with Gasteiger partial charge in [-0.15, -0.1) is 11.3 Å². The summed E-state index contributed by atoms with van der Waals surface area (Å²) in [7, 11) is 0. The van der Waals surface area contributed by atoms with Gasteiger partial charge in [-0.2, -0.15) is 0 Å². The lowest BCUT2D eigenvalue weighted by Crippen LogP contribution is -2.30. The van der Waals surface area contributed by atoms with Crippen LogP contribution in [-0.2, 0) is 4.79 Å². The van der Waals surface area contributed by atoms with Crippen molar-refractivity contribution in [1.82, 2.24) is 4.98 Å². The summed E-state index contributed by atoms with van der Waals surface area (Å²) in [5, 5.41) is 5.31. The van der Waals surface area contributed by atoms with Crippen LogP contribution < -0.4 is 15.8 Å². The number of amides is 1. The molecular weight excluding hydrogens is 346 g/mol. The Hall–Kier alpha value is -2.86. The summed E-state index contributed by atoms with van der Waals surface area (Å²) in [4.78, 5) is 16.9. The van der Waals surface area contributed by atoms with Crippen molar-refractivity contribution < 1.29 is 9.53 Å². The first kappa shape index (κ1) is 17.9. The van der Waals surface area contributed by atoms with Crippen LogP contribution in [-0.4, -0.2) is 17.0 Å². The van der Waals surface area contributed by atoms with Gasteiger partial charge in [-0.1, -0.05) is 24.3 Å². The topological polar surface area (TPSA) is 77.2 Å². The highest BCUT2D eigenvalue weighted by Gasteiger charge is 2.18. The van der Waals surface area contributed by atoms with Crippen LogP contribution in [0.1, 0.15) is 18.1 Å². The largest absolute Gasteiger partial charge is 0.480 e. The second-order valence-electron chi connectivity index (χ2n) is 6.13. The molecule has 1 atom stereocenters. The average Bonchev–Trinajstić information content (AvgIpc) is 3.04. The third kappa shape index (κ3) is 4.03. The quantitative estimate of drug-likeness (QED) is 0.700. The number of hydrogen-bond acceptors (Lipinski definition) is 5. The minimum absolute atomic E-state index is 0.203. The zero-order chi connectivity index (χ0) is 18.7. The lowest BCUT2D eigenvalue weighted by Gasteiger charge is -2.17. The Morgan fingerprint density at radius 1 is 1.23 bits per heavy atom. The number of benzene rings is 2. The van der Waals surface area contributed by atoms with Crippen LogP contribution >= 0.6 is 11.3 Å². The van der Waals surface area contributed by atoms with Crippen LogP contribution in [0.25, 0.3) is 11.3 Å². The molecule has 134 valence electrons. The summed E-state index contributed by atoms with van der Waals surface area (Å²) >= 11 is 1.37. The fourth-order valence-electron chi connectivity index (χ4n) is 2.54. The van der Waals surface area contributed by atoms with Crippen molar-refractivity contribution in [1.29, 1.82) is 0 Å². The van der Waals surface area contributed by atoms with Crippen molar-refractivity contribution in [3.63, 3.8) is 0 Å². The Labute approximate surface area is 156 Å². The highest BCUT2D eigenvalue weighted by Crippen LogP contribution is 2.32. The number of aryl methyl sites for hydroxylation is 2. The van der Waals surface area contributed by atoms with Crippen molar-refractivity contribution in [3.05, 3.63) is 59.0 Å². The monoisotopic (exact) mass is 367 g/mol. The second kappa shape index (κ2) is 7.58. The van der Waals surface area contributed by atoms with E-state index in [1.165, 1.54) is 11.3 Å². The Balaban J connectivity index is 1.77. The van der Waals surface area contributed by atoms with E-state index >= 15 is 0 Å². The lowest BCUT2D eigenvalue weighted by molar-refractivity contribution is -0.122. The van der Waals surface area contributed by atoms with Crippen molar-refractivity contribution in [2.45, 2.75) is 26.9 Å². The number of thiazole rings is 1. The SMILES string of the molecule is Cc1ccc(C)c(NC(=O)C(C)Oc2ccccc2-c2csc(N)n2)c1. The van der Waals surface area contributed by atoms with Gasteiger partial charge < -0.3 is 15.8 Å². The van der Waals surface area contributed by atoms with Gasteiger partial charge in [0.1, 0.15) is 5.75 Å². The van der Waals surface area contributed by atoms with Gasteiger partial charge in [0, 0.05) is 16.6 Å². The van der Waals surface area contributed by atoms with Crippen LogP contribution in [0.3, 0.4) is 0 Å². The zero-order valence-corrected chi connectivity index (χ0v) is 15.8. The average molecular weight is 367 g/mol. The van der Waals surface area contributed by atoms with E-state index in [9.17, 15) is 4.79 Å². The van der Waals surface area contributed by atoms with Crippen molar-refractivity contribution in [2.24, 2.45) is 0 Å². The number of carbonyl (C=O) groups is 1. The Morgan fingerprint density at radius 2 is 2.00 bits per heavy atom. The first-order chi connectivity index (χ1) is 12.4. The molecule has 3 rings (SSSR count). The number of aromatic nitrogens is 1. The molecule has 0 radical (unpaired) electrons. The molecule has 1 aromatic heterocycles. The van der Waals surface area contributed by atoms with E-state index < -0.39 is 6.10 Å². The number of nitrogens with zero attached hydrogens (tertiary/aromatic N) is 1. The molecule has 3 N–H and O–H groups in total. The maximum atomic E-state index is 12.6. The highest BCUT2D eigenvalue weighted by atomic mass is 32.1. The van der Waals surface area contributed by atoms with E-state index in [0.29, 0.717) is 10.9 Å². The van der Waals surface area contributed by atoms with Gasteiger partial charge in [-0.05, 0) is 50.1 Å². The van der Waals surface area contributed by atoms with E-state index in [-0.39, 0.29) is 5.91 Å². The molecule has 0 spiro atoms. The second-order valence-corrected chi connectivity index (χ2v) is 7.02. The van der Waals surface area contributed by atoms with Crippen molar-refractivity contribution >= 4 is 28.1 Å². The van der Waals surface area contributed by atoms with Crippen LogP contribution in [0, 0.1) is 13.8 Å². The number of nitrogens with two attached hydrogens (primary N) is 1. The fourth-order valence-corrected chi connectivity index (χ4v) is 3.10. The minimum Gasteiger partial charge on any atom is -0.480 e. The Bertz CT molecular complexity index is 936. The summed E-state index contributed by atoms with van der Waals surface area (Å²) in [6.07, 6.45) is -0.660. The molecule has 0 bridgehead atoms. The van der Waals surface area contributed by atoms with Crippen molar-refractivity contribution in [3.8, 4) is 17.0 Å². The molecule has 6 heteroatoms. The summed E-state index contributed by atoms with van der Waals surface area (Å²) in [6, 6.07) is 13.4. The third-order valence-corrected chi connectivity index (χ3v) is 4.68. The molecule has 1 amide bonds. The predicted octanol–water partition coefficient (Wildman–Crippen LogP) is 4.42. The van der Waals surface area contributed by atoms with E-state index in [4.69, 9.17) is 10.5 Å². The minimum atomic E-state index is -0.660. The van der Waals surface area contributed by atoms with Gasteiger partial charge in [0.2, 0.25) is 0 Å². The molecule has 2 aromatic carbocycles. The lowest BCUT2D eigenvalue weighted by atomic mass is 10.1. The van der Waals surface area contributed by atoms with Gasteiger partial charge in [-0.3, -0.25) is 4.79 Å². The molecule has 0 fully saturated rings. The standard InChI is InChI=1S/C20H21N3O2S/c1-12-8-9-13(2)16(10-12)22-19(24)14(3)25-18-7-5-4-6-15(18)17-11-26-20(21)23-17/h4-11,14H,1-3H3,(H2,21,23)(H,22,24). The molecule has 3 aromatic rings. The van der Waals surface area contributed by atoms with Gasteiger partial charge in [0.05, 0.1) is 5.69 Å². The smallest absolute Gasteiger partial charge is 0.265 e. The molecule has 0 aliphatic heterocycles. The van der Waals surface area contributed by atoms with Crippen LogP contribution in [0.4, 0.5) is 10.8 Å². The number of anilines is 2. The van der Waals surface area contributed by atoms with E-state index in [2.05, 4.69) is 10.3 Å². The number of nitrogens with one attached hydrogen (secondary N) is 1. The van der Waals surface area contributed by atoms with Crippen LogP contribution in [0.2, 0.25) is 0 Å². The normalized spacial score (nSPS) is 11.8. The van der Waals surface area contributed by atoms with Gasteiger partial charge in [-0.25, -0.2) is 4.98 Å². The predicted molar refractivity (Wildman–Crippen MR) is 107 cm³/mol. The summed E-state index contributed by atoms with van der Waals surface area (Å²) in [5.74, 6) is 0.396. The first-order valence-electron chi connectivity index (χ1n) is 8.29. The number of ether oxygens (including phenoxy) is 1. The molecule has 5 nitrogen and oxygen atoms in total. The van der Waals surface area contributed by atoms with Crippen molar-refractivity contribution in [2.75, 3.05) is 11.1 Å². The maximum absolute atomic E-state index is 12.6. The number of para-hydroxylation sites is 1. The Morgan fingerprint density at radius 3 is 2.73 bits per heavy atom. The molecular formula is C20H21N3O2S.